The molecule has 0 aliphatic carbocycles. The summed E-state index contributed by atoms with van der Waals surface area (Å²) in [6.07, 6.45) is 0.598. The topological polar surface area (TPSA) is 67.8 Å². The lowest BCUT2D eigenvalue weighted by Crippen LogP contribution is -2.23. The minimum absolute atomic E-state index is 0.121. The van der Waals surface area contributed by atoms with Crippen LogP contribution in [-0.2, 0) is 13.6 Å². The maximum Gasteiger partial charge on any atom is 0.357 e. The van der Waals surface area contributed by atoms with Gasteiger partial charge in [-0.25, -0.2) is 0 Å². The Labute approximate surface area is 142 Å². The van der Waals surface area contributed by atoms with E-state index in [1.165, 1.54) is 0 Å². The van der Waals surface area contributed by atoms with Crippen LogP contribution < -0.4 is 5.32 Å². The van der Waals surface area contributed by atoms with Crippen molar-refractivity contribution in [2.75, 3.05) is 11.9 Å². The fraction of sp³-hybridized carbons (Fsp3) is 0.333. The van der Waals surface area contributed by atoms with E-state index in [2.05, 4.69) is 5.32 Å². The molecule has 3 atom stereocenters. The van der Waals surface area contributed by atoms with Crippen molar-refractivity contribution in [2.24, 2.45) is 0 Å². The summed E-state index contributed by atoms with van der Waals surface area (Å²) in [4.78, 5) is 0. The van der Waals surface area contributed by atoms with Gasteiger partial charge in [0.05, 0.1) is 12.7 Å². The second-order valence-electron chi connectivity index (χ2n) is 6.08. The molecule has 24 heavy (non-hydrogen) atoms. The molecule has 0 bridgehead atoms. The Hall–Kier alpha value is -1.81. The first-order chi connectivity index (χ1) is 11.5. The number of benzene rings is 2. The zero-order chi connectivity index (χ0) is 17.2. The molecule has 1 aliphatic heterocycles. The molecule has 0 unspecified atom stereocenters. The van der Waals surface area contributed by atoms with Gasteiger partial charge in [-0.15, -0.1) is 0 Å². The fourth-order valence-electron chi connectivity index (χ4n) is 2.62. The van der Waals surface area contributed by atoms with Gasteiger partial charge in [0.15, 0.2) is 5.78 Å². The fourth-order valence-corrected chi connectivity index (χ4v) is 4.77. The molecule has 1 saturated heterocycles. The van der Waals surface area contributed by atoms with E-state index >= 15 is 0 Å². The number of phenolic OH excluding ortho intramolecular Hbond substituents is 1. The van der Waals surface area contributed by atoms with Gasteiger partial charge in [0.1, 0.15) is 5.75 Å². The zero-order valence-electron chi connectivity index (χ0n) is 13.8. The molecule has 1 aliphatic rings. The van der Waals surface area contributed by atoms with Gasteiger partial charge >= 0.3 is 7.60 Å². The van der Waals surface area contributed by atoms with E-state index in [1.54, 1.807) is 24.3 Å². The van der Waals surface area contributed by atoms with Crippen LogP contribution in [0.1, 0.15) is 30.3 Å². The SMILES string of the molecule is Cc1ccc(N[C@H](c2ccc(O)cc2)[P@@]2(=O)OCC[C@H](C)O2)cc1. The van der Waals surface area contributed by atoms with Crippen molar-refractivity contribution in [1.29, 1.82) is 0 Å². The van der Waals surface area contributed by atoms with Gasteiger partial charge in [-0.3, -0.25) is 4.57 Å². The highest BCUT2D eigenvalue weighted by atomic mass is 31.2. The predicted molar refractivity (Wildman–Crippen MR) is 94.4 cm³/mol. The van der Waals surface area contributed by atoms with Crippen LogP contribution in [0.2, 0.25) is 0 Å². The summed E-state index contributed by atoms with van der Waals surface area (Å²) in [6, 6.07) is 14.4. The van der Waals surface area contributed by atoms with E-state index in [4.69, 9.17) is 9.05 Å². The van der Waals surface area contributed by atoms with Crippen molar-refractivity contribution in [2.45, 2.75) is 32.2 Å². The van der Waals surface area contributed by atoms with Gasteiger partial charge in [0.25, 0.3) is 0 Å². The summed E-state index contributed by atoms with van der Waals surface area (Å²) in [5, 5.41) is 12.8. The van der Waals surface area contributed by atoms with E-state index in [0.717, 1.165) is 23.2 Å². The summed E-state index contributed by atoms with van der Waals surface area (Å²) in [6.45, 7) is 4.32. The first-order valence-corrected chi connectivity index (χ1v) is 9.62. The minimum atomic E-state index is -3.39. The van der Waals surface area contributed by atoms with Gasteiger partial charge in [-0.05, 0) is 50.1 Å². The van der Waals surface area contributed by atoms with Gasteiger partial charge in [0, 0.05) is 5.69 Å². The van der Waals surface area contributed by atoms with E-state index in [0.29, 0.717) is 6.61 Å². The summed E-state index contributed by atoms with van der Waals surface area (Å²) < 4.78 is 24.6. The number of aromatic hydroxyl groups is 1. The highest BCUT2D eigenvalue weighted by Gasteiger charge is 2.41. The van der Waals surface area contributed by atoms with Crippen molar-refractivity contribution >= 4 is 13.3 Å². The van der Waals surface area contributed by atoms with Crippen LogP contribution in [0.15, 0.2) is 48.5 Å². The molecular formula is C18H22NO4P. The molecule has 0 amide bonds. The number of anilines is 1. The Morgan fingerprint density at radius 1 is 1.17 bits per heavy atom. The molecule has 128 valence electrons. The monoisotopic (exact) mass is 347 g/mol. The highest BCUT2D eigenvalue weighted by Crippen LogP contribution is 2.63. The lowest BCUT2D eigenvalue weighted by atomic mass is 10.2. The summed E-state index contributed by atoms with van der Waals surface area (Å²) in [5.74, 6) is -0.478. The molecule has 1 heterocycles. The molecule has 6 heteroatoms. The lowest BCUT2D eigenvalue weighted by Gasteiger charge is -2.34. The van der Waals surface area contributed by atoms with Crippen LogP contribution in [0, 0.1) is 6.92 Å². The van der Waals surface area contributed by atoms with Crippen molar-refractivity contribution in [3.63, 3.8) is 0 Å². The van der Waals surface area contributed by atoms with Crippen LogP contribution in [0.4, 0.5) is 5.69 Å². The van der Waals surface area contributed by atoms with Crippen LogP contribution >= 0.6 is 7.60 Å². The number of phenols is 1. The second-order valence-corrected chi connectivity index (χ2v) is 8.15. The van der Waals surface area contributed by atoms with E-state index in [9.17, 15) is 9.67 Å². The standard InChI is InChI=1S/C18H22NO4P/c1-13-3-7-16(8-4-13)19-18(15-5-9-17(20)10-6-15)24(21)22-12-11-14(2)23-24/h3-10,14,18-20H,11-12H2,1-2H3/t14-,18-,24+/m0/s1. The largest absolute Gasteiger partial charge is 0.508 e. The van der Waals surface area contributed by atoms with Crippen molar-refractivity contribution < 1.29 is 18.7 Å². The molecule has 0 spiro atoms. The van der Waals surface area contributed by atoms with Crippen molar-refractivity contribution in [3.05, 3.63) is 59.7 Å². The number of hydrogen-bond acceptors (Lipinski definition) is 5. The Balaban J connectivity index is 1.95. The average Bonchev–Trinajstić information content (AvgIpc) is 2.55. The maximum atomic E-state index is 13.3. The smallest absolute Gasteiger partial charge is 0.357 e. The number of aryl methyl sites for hydroxylation is 1. The molecule has 3 rings (SSSR count). The van der Waals surface area contributed by atoms with E-state index in [1.807, 2.05) is 38.1 Å². The summed E-state index contributed by atoms with van der Waals surface area (Å²) in [5.41, 5.74) is 2.72. The zero-order valence-corrected chi connectivity index (χ0v) is 14.7. The van der Waals surface area contributed by atoms with Crippen LogP contribution in [0.25, 0.3) is 0 Å². The molecule has 2 N–H and O–H groups in total. The number of nitrogens with one attached hydrogen (secondary N) is 1. The van der Waals surface area contributed by atoms with E-state index in [-0.39, 0.29) is 11.9 Å². The average molecular weight is 347 g/mol. The third-order valence-corrected chi connectivity index (χ3v) is 6.26. The molecular weight excluding hydrogens is 325 g/mol. The third kappa shape index (κ3) is 3.81. The first-order valence-electron chi connectivity index (χ1n) is 8.01. The first kappa shape index (κ1) is 17.0. The summed E-state index contributed by atoms with van der Waals surface area (Å²) in [7, 11) is -3.39. The number of hydrogen-bond donors (Lipinski definition) is 2. The van der Waals surface area contributed by atoms with Gasteiger partial charge < -0.3 is 19.5 Å². The Kier molecular flexibility index (Phi) is 4.95. The summed E-state index contributed by atoms with van der Waals surface area (Å²) >= 11 is 0. The molecule has 5 nitrogen and oxygen atoms in total. The maximum absolute atomic E-state index is 13.3. The highest BCUT2D eigenvalue weighted by molar-refractivity contribution is 7.54. The van der Waals surface area contributed by atoms with E-state index < -0.39 is 13.4 Å². The van der Waals surface area contributed by atoms with Crippen molar-refractivity contribution in [1.82, 2.24) is 0 Å². The Bertz CT molecular complexity index is 730. The number of rotatable bonds is 4. The van der Waals surface area contributed by atoms with Crippen LogP contribution in [0.3, 0.4) is 0 Å². The molecule has 2 aromatic carbocycles. The lowest BCUT2D eigenvalue weighted by molar-refractivity contribution is 0.0887. The normalized spacial score (nSPS) is 25.2. The molecule has 1 fully saturated rings. The quantitative estimate of drug-likeness (QED) is 0.776. The third-order valence-electron chi connectivity index (χ3n) is 4.00. The Morgan fingerprint density at radius 3 is 2.46 bits per heavy atom. The van der Waals surface area contributed by atoms with Crippen LogP contribution in [0.5, 0.6) is 5.75 Å². The van der Waals surface area contributed by atoms with Gasteiger partial charge in [0.2, 0.25) is 0 Å². The molecule has 0 radical (unpaired) electrons. The van der Waals surface area contributed by atoms with Crippen LogP contribution in [-0.4, -0.2) is 17.8 Å². The van der Waals surface area contributed by atoms with Gasteiger partial charge in [-0.2, -0.15) is 0 Å². The molecule has 0 saturated carbocycles. The Morgan fingerprint density at radius 2 is 1.83 bits per heavy atom. The predicted octanol–water partition coefficient (Wildman–Crippen LogP) is 4.83. The second kappa shape index (κ2) is 6.98. The molecule has 0 aromatic heterocycles. The van der Waals surface area contributed by atoms with Crippen molar-refractivity contribution in [3.8, 4) is 5.75 Å². The van der Waals surface area contributed by atoms with Gasteiger partial charge in [-0.1, -0.05) is 29.8 Å². The minimum Gasteiger partial charge on any atom is -0.508 e. The molecule has 2 aromatic rings.